The number of hydrogen-bond donors (Lipinski definition) is 1. The Kier molecular flexibility index (Phi) is 9.25. The summed E-state index contributed by atoms with van der Waals surface area (Å²) in [5.74, 6) is 0.417. The fraction of sp³-hybridized carbons (Fsp3) is 0.486. The van der Waals surface area contributed by atoms with E-state index in [1.54, 1.807) is 13.1 Å². The Bertz CT molecular complexity index is 1930. The van der Waals surface area contributed by atoms with E-state index in [0.717, 1.165) is 68.7 Å². The number of nitrogens with zero attached hydrogens (tertiary/aromatic N) is 4. The normalized spacial score (nSPS) is 28.9. The predicted octanol–water partition coefficient (Wildman–Crippen LogP) is 6.52. The first-order chi connectivity index (χ1) is 23.5. The highest BCUT2D eigenvalue weighted by molar-refractivity contribution is 7.92. The molecule has 2 aliphatic heterocycles. The van der Waals surface area contributed by atoms with Crippen molar-refractivity contribution < 1.29 is 23.3 Å². The highest BCUT2D eigenvalue weighted by Crippen LogP contribution is 2.46. The van der Waals surface area contributed by atoms with Crippen molar-refractivity contribution >= 4 is 39.0 Å². The van der Waals surface area contributed by atoms with Crippen LogP contribution in [0, 0.1) is 17.8 Å². The summed E-state index contributed by atoms with van der Waals surface area (Å²) in [6.07, 6.45) is 13.0. The van der Waals surface area contributed by atoms with Crippen molar-refractivity contribution in [1.82, 2.24) is 14.5 Å². The third-order valence-corrected chi connectivity index (χ3v) is 12.9. The molecular formula is C37H44ClN5O5S. The number of carbonyl (C=O) groups excluding carboxylic acids is 2. The summed E-state index contributed by atoms with van der Waals surface area (Å²) in [7, 11) is -0.457. The number of benzene rings is 2. The average molecular weight is 706 g/mol. The van der Waals surface area contributed by atoms with Gasteiger partial charge in [-0.3, -0.25) is 19.0 Å². The number of carbonyl (C=O) groups is 2. The molecule has 1 aromatic heterocycles. The molecule has 2 aliphatic carbocycles. The zero-order valence-corrected chi connectivity index (χ0v) is 29.9. The highest BCUT2D eigenvalue weighted by atomic mass is 35.5. The van der Waals surface area contributed by atoms with Crippen LogP contribution in [0.25, 0.3) is 0 Å². The van der Waals surface area contributed by atoms with Gasteiger partial charge in [-0.2, -0.15) is 0 Å². The van der Waals surface area contributed by atoms with Gasteiger partial charge in [-0.25, -0.2) is 4.21 Å². The maximum absolute atomic E-state index is 14.5. The van der Waals surface area contributed by atoms with Crippen molar-refractivity contribution in [2.24, 2.45) is 29.2 Å². The summed E-state index contributed by atoms with van der Waals surface area (Å²) in [6.45, 7) is 4.07. The van der Waals surface area contributed by atoms with Crippen LogP contribution in [0.1, 0.15) is 77.3 Å². The van der Waals surface area contributed by atoms with Crippen molar-refractivity contribution in [1.29, 1.82) is 0 Å². The van der Waals surface area contributed by atoms with Gasteiger partial charge in [-0.05, 0) is 104 Å². The molecule has 0 saturated heterocycles. The standard InChI is InChI=1S/C37H44ClN5O5S/c1-24-7-4-5-8-25-10-11-28(25)19-43-22-37(16-6-9-26-17-29(38)13-14-31(26)37)23-48-33-15-12-27(18-32(33)43)34(44)40-49(46,21-24)41-35(45)30-20-42(2)39-36(30)47-3/h5,8,12-15,17-18,20,24-25,28H,4,6-7,9-11,16,19,21-23H2,1-3H3,(H,40,41,44,45,46)/b8-5+/t24-,25+,28-,37+,49?/m0/s1. The second-order valence-electron chi connectivity index (χ2n) is 14.3. The minimum Gasteiger partial charge on any atom is -0.490 e. The van der Waals surface area contributed by atoms with Crippen molar-refractivity contribution in [2.45, 2.75) is 57.3 Å². The van der Waals surface area contributed by atoms with Crippen LogP contribution in [-0.4, -0.2) is 58.4 Å². The molecule has 1 N–H and O–H groups in total. The molecule has 49 heavy (non-hydrogen) atoms. The van der Waals surface area contributed by atoms with E-state index in [-0.39, 0.29) is 28.5 Å². The lowest BCUT2D eigenvalue weighted by Gasteiger charge is -2.44. The van der Waals surface area contributed by atoms with Gasteiger partial charge in [0, 0.05) is 42.3 Å². The molecule has 2 aromatic carbocycles. The number of rotatable bonds is 3. The molecule has 12 heteroatoms. The SMILES string of the molecule is COc1nn(C)cc1C(=O)NS1(=O)=NC(=O)c2ccc3c(c2)N(C[C@@H]2CC[C@H]2/C=C/CC[C@H](C)C1)C[C@]1(CCCc2cc(Cl)ccc21)CO3. The van der Waals surface area contributed by atoms with Gasteiger partial charge in [-0.15, -0.1) is 9.46 Å². The average Bonchev–Trinajstić information content (AvgIpc) is 3.37. The van der Waals surface area contributed by atoms with E-state index in [9.17, 15) is 13.8 Å². The molecule has 7 rings (SSSR count). The van der Waals surface area contributed by atoms with Crippen LogP contribution < -0.4 is 19.1 Å². The molecule has 0 radical (unpaired) electrons. The van der Waals surface area contributed by atoms with Gasteiger partial charge >= 0.3 is 0 Å². The summed E-state index contributed by atoms with van der Waals surface area (Å²) >= 11 is 6.44. The molecule has 1 unspecified atom stereocenters. The number of fused-ring (bicyclic) bond motifs is 4. The molecule has 1 fully saturated rings. The van der Waals surface area contributed by atoms with Crippen LogP contribution in [0.5, 0.6) is 11.6 Å². The molecule has 3 heterocycles. The Morgan fingerprint density at radius 2 is 2.04 bits per heavy atom. The first kappa shape index (κ1) is 33.7. The predicted molar refractivity (Wildman–Crippen MR) is 191 cm³/mol. The van der Waals surface area contributed by atoms with Crippen molar-refractivity contribution in [3.05, 3.63) is 82.0 Å². The van der Waals surface area contributed by atoms with Crippen molar-refractivity contribution in [2.75, 3.05) is 37.5 Å². The van der Waals surface area contributed by atoms with E-state index in [4.69, 9.17) is 21.1 Å². The molecule has 2 bridgehead atoms. The first-order valence-electron chi connectivity index (χ1n) is 17.2. The lowest BCUT2D eigenvalue weighted by atomic mass is 9.69. The first-order valence-corrected chi connectivity index (χ1v) is 19.3. The van der Waals surface area contributed by atoms with E-state index >= 15 is 0 Å². The number of anilines is 1. The topological polar surface area (TPSA) is 115 Å². The summed E-state index contributed by atoms with van der Waals surface area (Å²) in [5.41, 5.74) is 3.58. The summed E-state index contributed by atoms with van der Waals surface area (Å²) in [5, 5.41) is 4.89. The Morgan fingerprint density at radius 3 is 2.84 bits per heavy atom. The molecule has 2 amide bonds. The Hall–Kier alpha value is -3.83. The van der Waals surface area contributed by atoms with Gasteiger partial charge in [0.2, 0.25) is 5.88 Å². The second-order valence-corrected chi connectivity index (χ2v) is 16.7. The molecule has 5 atom stereocenters. The Labute approximate surface area is 293 Å². The number of halogens is 1. The van der Waals surface area contributed by atoms with E-state index < -0.39 is 21.7 Å². The van der Waals surface area contributed by atoms with E-state index in [0.29, 0.717) is 29.8 Å². The van der Waals surface area contributed by atoms with Gasteiger partial charge < -0.3 is 14.4 Å². The Morgan fingerprint density at radius 1 is 1.18 bits per heavy atom. The number of allylic oxidation sites excluding steroid dienone is 2. The number of amides is 2. The van der Waals surface area contributed by atoms with Crippen molar-refractivity contribution in [3.63, 3.8) is 0 Å². The molecule has 4 aliphatic rings. The number of hydrogen-bond acceptors (Lipinski definition) is 7. The van der Waals surface area contributed by atoms with Crippen LogP contribution in [0.15, 0.2) is 59.1 Å². The van der Waals surface area contributed by atoms with Crippen LogP contribution in [-0.2, 0) is 28.8 Å². The van der Waals surface area contributed by atoms with Crippen LogP contribution >= 0.6 is 11.6 Å². The zero-order chi connectivity index (χ0) is 34.3. The van der Waals surface area contributed by atoms with Gasteiger partial charge in [0.05, 0.1) is 25.2 Å². The zero-order valence-electron chi connectivity index (χ0n) is 28.3. The lowest BCUT2D eigenvalue weighted by molar-refractivity contribution is 0.0979. The molecule has 260 valence electrons. The van der Waals surface area contributed by atoms with Crippen LogP contribution in [0.4, 0.5) is 5.69 Å². The molecule has 10 nitrogen and oxygen atoms in total. The van der Waals surface area contributed by atoms with E-state index in [1.807, 2.05) is 25.1 Å². The van der Waals surface area contributed by atoms with Gasteiger partial charge in [0.25, 0.3) is 11.8 Å². The van der Waals surface area contributed by atoms with Crippen LogP contribution in [0.3, 0.4) is 0 Å². The van der Waals surface area contributed by atoms with Gasteiger partial charge in [0.1, 0.15) is 21.2 Å². The van der Waals surface area contributed by atoms with Crippen molar-refractivity contribution in [3.8, 4) is 11.6 Å². The molecule has 1 saturated carbocycles. The smallest absolute Gasteiger partial charge is 0.286 e. The summed E-state index contributed by atoms with van der Waals surface area (Å²) in [6, 6.07) is 11.6. The van der Waals surface area contributed by atoms with Gasteiger partial charge in [0.15, 0.2) is 0 Å². The third kappa shape index (κ3) is 6.84. The highest BCUT2D eigenvalue weighted by Gasteiger charge is 2.43. The fourth-order valence-corrected chi connectivity index (χ4v) is 10.1. The number of aryl methyl sites for hydroxylation is 2. The van der Waals surface area contributed by atoms with E-state index in [2.05, 4.69) is 43.4 Å². The number of methoxy groups -OCH3 is 1. The minimum atomic E-state index is -3.53. The summed E-state index contributed by atoms with van der Waals surface area (Å²) < 4.78 is 34.7. The van der Waals surface area contributed by atoms with Crippen LogP contribution in [0.2, 0.25) is 5.02 Å². The molecular weight excluding hydrogens is 662 g/mol. The number of nitrogens with one attached hydrogen (secondary N) is 1. The minimum absolute atomic E-state index is 0.0269. The lowest BCUT2D eigenvalue weighted by Crippen LogP contribution is -2.48. The third-order valence-electron chi connectivity index (χ3n) is 10.7. The molecule has 1 spiro atoms. The van der Waals surface area contributed by atoms with Gasteiger partial charge in [-0.1, -0.05) is 36.7 Å². The fourth-order valence-electron chi connectivity index (χ4n) is 7.99. The summed E-state index contributed by atoms with van der Waals surface area (Å²) in [4.78, 5) is 29.8. The quantitative estimate of drug-likeness (QED) is 0.309. The maximum Gasteiger partial charge on any atom is 0.286 e. The second kappa shape index (κ2) is 13.5. The monoisotopic (exact) mass is 705 g/mol. The molecule has 3 aromatic rings. The Balaban J connectivity index is 1.28. The number of ether oxygens (including phenoxy) is 2. The van der Waals surface area contributed by atoms with E-state index in [1.165, 1.54) is 29.1 Å². The largest absolute Gasteiger partial charge is 0.490 e. The maximum atomic E-state index is 14.5. The number of aromatic nitrogens is 2.